The van der Waals surface area contributed by atoms with E-state index in [-0.39, 0.29) is 24.6 Å². The highest BCUT2D eigenvalue weighted by molar-refractivity contribution is 6.10. The zero-order valence-corrected chi connectivity index (χ0v) is 11.0. The van der Waals surface area contributed by atoms with Crippen LogP contribution in [0, 0.1) is 0 Å². The third-order valence-corrected chi connectivity index (χ3v) is 3.43. The fourth-order valence-corrected chi connectivity index (χ4v) is 2.35. The number of amides is 1. The van der Waals surface area contributed by atoms with Crippen LogP contribution in [0.3, 0.4) is 0 Å². The molecule has 0 radical (unpaired) electrons. The van der Waals surface area contributed by atoms with Crippen LogP contribution in [0.25, 0.3) is 0 Å². The summed E-state index contributed by atoms with van der Waals surface area (Å²) in [6, 6.07) is 0. The quantitative estimate of drug-likeness (QED) is 0.416. The summed E-state index contributed by atoms with van der Waals surface area (Å²) in [5.74, 6) is -0.794. The molecule has 1 amide bonds. The number of hydrogen-bond donors (Lipinski definition) is 4. The van der Waals surface area contributed by atoms with Crippen LogP contribution in [-0.4, -0.2) is 76.6 Å². The monoisotopic (exact) mass is 286 g/mol. The van der Waals surface area contributed by atoms with E-state index in [0.29, 0.717) is 0 Å². The molecule has 0 spiro atoms. The molecule has 4 N–H and O–H groups in total. The second kappa shape index (κ2) is 5.98. The summed E-state index contributed by atoms with van der Waals surface area (Å²) in [5.41, 5.74) is 0.127. The van der Waals surface area contributed by atoms with Gasteiger partial charge in [0.05, 0.1) is 19.7 Å². The highest BCUT2D eigenvalue weighted by Crippen LogP contribution is 2.29. The molecule has 0 saturated carbocycles. The number of ether oxygens (including phenoxy) is 1. The standard InChI is InChI=1S/C12H18N2O6/c1-13-5-14-3-6(7(16)2-9(14)17)12-11(19)10(18)8(4-15)20-12/h3,8,10-13,15,18-19H,2,4-5H2,1H3/t8-,10-,11-,12+/m1/s1. The SMILES string of the molecule is CNCN1C=C([C@@H]2O[C@H](CO)[C@@H](O)[C@H]2O)C(=O)CC1=O. The number of aliphatic hydroxyl groups is 3. The minimum atomic E-state index is -1.31. The van der Waals surface area contributed by atoms with E-state index >= 15 is 0 Å². The number of hydrogen-bond acceptors (Lipinski definition) is 7. The van der Waals surface area contributed by atoms with Crippen LogP contribution >= 0.6 is 0 Å². The minimum absolute atomic E-state index is 0.127. The lowest BCUT2D eigenvalue weighted by Crippen LogP contribution is -2.42. The van der Waals surface area contributed by atoms with E-state index in [9.17, 15) is 19.8 Å². The summed E-state index contributed by atoms with van der Waals surface area (Å²) in [6.07, 6.45) is -3.55. The van der Waals surface area contributed by atoms with Crippen molar-refractivity contribution in [2.45, 2.75) is 30.8 Å². The third kappa shape index (κ3) is 2.60. The van der Waals surface area contributed by atoms with Gasteiger partial charge in [0.15, 0.2) is 5.78 Å². The molecule has 0 bridgehead atoms. The van der Waals surface area contributed by atoms with Gasteiger partial charge in [0.25, 0.3) is 0 Å². The summed E-state index contributed by atoms with van der Waals surface area (Å²) in [4.78, 5) is 24.9. The van der Waals surface area contributed by atoms with E-state index in [2.05, 4.69) is 5.32 Å². The van der Waals surface area contributed by atoms with Gasteiger partial charge in [-0.2, -0.15) is 0 Å². The van der Waals surface area contributed by atoms with Gasteiger partial charge in [-0.05, 0) is 7.05 Å². The molecule has 112 valence electrons. The van der Waals surface area contributed by atoms with E-state index in [0.717, 1.165) is 0 Å². The Morgan fingerprint density at radius 2 is 2.10 bits per heavy atom. The molecule has 2 heterocycles. The zero-order chi connectivity index (χ0) is 14.9. The van der Waals surface area contributed by atoms with E-state index in [4.69, 9.17) is 9.84 Å². The number of rotatable bonds is 4. The number of carbonyl (C=O) groups excluding carboxylic acids is 2. The maximum Gasteiger partial charge on any atom is 0.235 e. The average molecular weight is 286 g/mol. The Balaban J connectivity index is 2.24. The molecule has 2 aliphatic rings. The van der Waals surface area contributed by atoms with E-state index in [1.807, 2.05) is 0 Å². The Morgan fingerprint density at radius 3 is 2.65 bits per heavy atom. The summed E-state index contributed by atoms with van der Waals surface area (Å²) in [7, 11) is 1.66. The van der Waals surface area contributed by atoms with Gasteiger partial charge in [-0.15, -0.1) is 0 Å². The Morgan fingerprint density at radius 1 is 1.40 bits per heavy atom. The first-order valence-corrected chi connectivity index (χ1v) is 6.31. The van der Waals surface area contributed by atoms with Gasteiger partial charge >= 0.3 is 0 Å². The van der Waals surface area contributed by atoms with Gasteiger partial charge in [0.2, 0.25) is 5.91 Å². The molecule has 2 aliphatic heterocycles. The van der Waals surface area contributed by atoms with Crippen molar-refractivity contribution in [3.63, 3.8) is 0 Å². The molecular weight excluding hydrogens is 268 g/mol. The van der Waals surface area contributed by atoms with Gasteiger partial charge in [0, 0.05) is 11.8 Å². The first-order valence-electron chi connectivity index (χ1n) is 6.31. The van der Waals surface area contributed by atoms with Crippen molar-refractivity contribution in [3.8, 4) is 0 Å². The summed E-state index contributed by atoms with van der Waals surface area (Å²) in [6.45, 7) is -0.236. The second-order valence-corrected chi connectivity index (χ2v) is 4.82. The summed E-state index contributed by atoms with van der Waals surface area (Å²) < 4.78 is 5.31. The van der Waals surface area contributed by atoms with Gasteiger partial charge in [0.1, 0.15) is 24.4 Å². The molecule has 4 atom stereocenters. The molecule has 2 rings (SSSR count). The lowest BCUT2D eigenvalue weighted by molar-refractivity contribution is -0.134. The fraction of sp³-hybridized carbons (Fsp3) is 0.667. The number of nitrogens with zero attached hydrogens (tertiary/aromatic N) is 1. The molecule has 20 heavy (non-hydrogen) atoms. The lowest BCUT2D eigenvalue weighted by Gasteiger charge is -2.27. The molecule has 1 fully saturated rings. The number of aliphatic hydroxyl groups excluding tert-OH is 3. The van der Waals surface area contributed by atoms with Crippen molar-refractivity contribution in [2.24, 2.45) is 0 Å². The lowest BCUT2D eigenvalue weighted by atomic mass is 9.95. The second-order valence-electron chi connectivity index (χ2n) is 4.82. The fourth-order valence-electron chi connectivity index (χ4n) is 2.35. The van der Waals surface area contributed by atoms with Crippen LogP contribution in [-0.2, 0) is 14.3 Å². The number of Topliss-reactive ketones (excluding diaryl/α,β-unsaturated/α-hetero) is 1. The van der Waals surface area contributed by atoms with Crippen LogP contribution in [0.1, 0.15) is 6.42 Å². The maximum absolute atomic E-state index is 11.9. The summed E-state index contributed by atoms with van der Waals surface area (Å²) >= 11 is 0. The van der Waals surface area contributed by atoms with Crippen LogP contribution < -0.4 is 5.32 Å². The smallest absolute Gasteiger partial charge is 0.235 e. The minimum Gasteiger partial charge on any atom is -0.394 e. The van der Waals surface area contributed by atoms with E-state index in [1.165, 1.54) is 11.1 Å². The molecule has 8 nitrogen and oxygen atoms in total. The Kier molecular flexibility index (Phi) is 4.51. The molecule has 8 heteroatoms. The van der Waals surface area contributed by atoms with Crippen molar-refractivity contribution >= 4 is 11.7 Å². The molecule has 0 aromatic heterocycles. The number of ketones is 1. The van der Waals surface area contributed by atoms with Gasteiger partial charge < -0.3 is 30.3 Å². The normalized spacial score (nSPS) is 34.6. The Bertz CT molecular complexity index is 438. The number of nitrogens with one attached hydrogen (secondary N) is 1. The first-order chi connectivity index (χ1) is 9.49. The molecule has 0 aromatic rings. The predicted octanol–water partition coefficient (Wildman–Crippen LogP) is -2.67. The first kappa shape index (κ1) is 15.1. The highest BCUT2D eigenvalue weighted by atomic mass is 16.6. The number of carbonyl (C=O) groups is 2. The van der Waals surface area contributed by atoms with Crippen LogP contribution in [0.5, 0.6) is 0 Å². The third-order valence-electron chi connectivity index (χ3n) is 3.43. The zero-order valence-electron chi connectivity index (χ0n) is 11.0. The van der Waals surface area contributed by atoms with Crippen molar-refractivity contribution in [2.75, 3.05) is 20.3 Å². The van der Waals surface area contributed by atoms with Gasteiger partial charge in [-0.3, -0.25) is 9.59 Å². The molecule has 0 aliphatic carbocycles. The van der Waals surface area contributed by atoms with Crippen LogP contribution in [0.2, 0.25) is 0 Å². The van der Waals surface area contributed by atoms with Gasteiger partial charge in [-0.1, -0.05) is 0 Å². The molecule has 0 unspecified atom stereocenters. The van der Waals surface area contributed by atoms with E-state index in [1.54, 1.807) is 7.05 Å². The van der Waals surface area contributed by atoms with Gasteiger partial charge in [-0.25, -0.2) is 0 Å². The van der Waals surface area contributed by atoms with Crippen LogP contribution in [0.4, 0.5) is 0 Å². The average Bonchev–Trinajstić information content (AvgIpc) is 2.70. The van der Waals surface area contributed by atoms with Crippen molar-refractivity contribution < 1.29 is 29.6 Å². The molecular formula is C12H18N2O6. The molecule has 1 saturated heterocycles. The van der Waals surface area contributed by atoms with Crippen molar-refractivity contribution in [1.82, 2.24) is 10.2 Å². The topological polar surface area (TPSA) is 119 Å². The van der Waals surface area contributed by atoms with E-state index < -0.39 is 36.8 Å². The van der Waals surface area contributed by atoms with Crippen LogP contribution in [0.15, 0.2) is 11.8 Å². The highest BCUT2D eigenvalue weighted by Gasteiger charge is 2.46. The van der Waals surface area contributed by atoms with Crippen molar-refractivity contribution in [3.05, 3.63) is 11.8 Å². The Labute approximate surface area is 115 Å². The molecule has 0 aromatic carbocycles. The maximum atomic E-state index is 11.9. The summed E-state index contributed by atoms with van der Waals surface area (Å²) in [5, 5.41) is 31.4. The Hall–Kier alpha value is -1.32. The van der Waals surface area contributed by atoms with Crippen molar-refractivity contribution in [1.29, 1.82) is 0 Å². The largest absolute Gasteiger partial charge is 0.394 e. The predicted molar refractivity (Wildman–Crippen MR) is 66.2 cm³/mol.